The van der Waals surface area contributed by atoms with Crippen LogP contribution in [-0.4, -0.2) is 12.6 Å². The smallest absolute Gasteiger partial charge is 0.278 e. The van der Waals surface area contributed by atoms with E-state index in [2.05, 4.69) is 0 Å². The van der Waals surface area contributed by atoms with E-state index in [1.165, 1.54) is 19.2 Å². The molecule has 3 aliphatic carbocycles. The van der Waals surface area contributed by atoms with Gasteiger partial charge in [0.2, 0.25) is 0 Å². The number of methoxy groups -OCH3 is 1. The normalized spacial score (nSPS) is 32.9. The Kier molecular flexibility index (Phi) is 2.87. The van der Waals surface area contributed by atoms with Crippen molar-refractivity contribution < 1.29 is 13.5 Å². The highest BCUT2D eigenvalue weighted by molar-refractivity contribution is 5.85. The van der Waals surface area contributed by atoms with E-state index in [4.69, 9.17) is 10.5 Å². The van der Waals surface area contributed by atoms with Crippen LogP contribution in [-0.2, 0) is 5.92 Å². The first-order chi connectivity index (χ1) is 7.91. The van der Waals surface area contributed by atoms with Crippen molar-refractivity contribution >= 4 is 12.4 Å². The second-order valence-electron chi connectivity index (χ2n) is 5.48. The number of benzene rings is 1. The van der Waals surface area contributed by atoms with E-state index in [0.29, 0.717) is 25.0 Å². The van der Waals surface area contributed by atoms with Gasteiger partial charge in [0, 0.05) is 16.5 Å². The molecule has 3 fully saturated rings. The minimum atomic E-state index is -2.78. The lowest BCUT2D eigenvalue weighted by Gasteiger charge is -2.71. The summed E-state index contributed by atoms with van der Waals surface area (Å²) in [4.78, 5) is 0. The average Bonchev–Trinajstić information content (AvgIpc) is 2.23. The number of ether oxygens (including phenoxy) is 1. The van der Waals surface area contributed by atoms with Gasteiger partial charge in [-0.1, -0.05) is 0 Å². The summed E-state index contributed by atoms with van der Waals surface area (Å²) in [5.41, 5.74) is 4.73. The topological polar surface area (TPSA) is 35.2 Å². The van der Waals surface area contributed by atoms with Gasteiger partial charge in [0.1, 0.15) is 5.75 Å². The van der Waals surface area contributed by atoms with Gasteiger partial charge in [-0.2, -0.15) is 0 Å². The standard InChI is InChI=1S/C13H15F2NO.ClH/c1-17-10-4-2-9(3-5-10)13(14,15)11-6-12(16,7-11)8-11;/h2-5H,6-8,16H2,1H3;1H. The third-order valence-electron chi connectivity index (χ3n) is 4.19. The van der Waals surface area contributed by atoms with Gasteiger partial charge < -0.3 is 10.5 Å². The zero-order valence-corrected chi connectivity index (χ0v) is 10.9. The summed E-state index contributed by atoms with van der Waals surface area (Å²) in [5, 5.41) is 0. The summed E-state index contributed by atoms with van der Waals surface area (Å²) >= 11 is 0. The molecule has 18 heavy (non-hydrogen) atoms. The quantitative estimate of drug-likeness (QED) is 0.920. The van der Waals surface area contributed by atoms with E-state index in [9.17, 15) is 8.78 Å². The second-order valence-corrected chi connectivity index (χ2v) is 5.48. The predicted molar refractivity (Wildman–Crippen MR) is 67.3 cm³/mol. The molecule has 3 aliphatic rings. The van der Waals surface area contributed by atoms with Gasteiger partial charge in [-0.3, -0.25) is 0 Å². The maximum atomic E-state index is 14.3. The predicted octanol–water partition coefficient (Wildman–Crippen LogP) is 3.09. The molecule has 0 aliphatic heterocycles. The summed E-state index contributed by atoms with van der Waals surface area (Å²) in [6, 6.07) is 6.05. The number of hydrogen-bond acceptors (Lipinski definition) is 2. The summed E-state index contributed by atoms with van der Waals surface area (Å²) in [6.07, 6.45) is 1.33. The molecule has 0 radical (unpaired) electrons. The zero-order valence-electron chi connectivity index (χ0n) is 10.1. The summed E-state index contributed by atoms with van der Waals surface area (Å²) in [6.45, 7) is 0. The largest absolute Gasteiger partial charge is 0.497 e. The van der Waals surface area contributed by atoms with Crippen LogP contribution in [0.4, 0.5) is 8.78 Å². The number of hydrogen-bond donors (Lipinski definition) is 1. The maximum Gasteiger partial charge on any atom is 0.278 e. The Hall–Kier alpha value is -0.870. The molecule has 0 amide bonds. The van der Waals surface area contributed by atoms with Crippen LogP contribution in [0.5, 0.6) is 5.75 Å². The van der Waals surface area contributed by atoms with Gasteiger partial charge in [-0.25, -0.2) is 8.78 Å². The van der Waals surface area contributed by atoms with Crippen LogP contribution in [0.2, 0.25) is 0 Å². The van der Waals surface area contributed by atoms with Crippen molar-refractivity contribution in [1.29, 1.82) is 0 Å². The average molecular weight is 276 g/mol. The maximum absolute atomic E-state index is 14.3. The van der Waals surface area contributed by atoms with Crippen molar-refractivity contribution in [3.8, 4) is 5.75 Å². The Bertz CT molecular complexity index is 441. The monoisotopic (exact) mass is 275 g/mol. The third kappa shape index (κ3) is 1.55. The molecule has 3 saturated carbocycles. The second kappa shape index (κ2) is 3.81. The fourth-order valence-electron chi connectivity index (χ4n) is 3.31. The van der Waals surface area contributed by atoms with Gasteiger partial charge in [-0.15, -0.1) is 12.4 Å². The van der Waals surface area contributed by atoms with E-state index < -0.39 is 11.3 Å². The first-order valence-corrected chi connectivity index (χ1v) is 5.72. The Balaban J connectivity index is 0.00000120. The first-order valence-electron chi connectivity index (χ1n) is 5.72. The fraction of sp³-hybridized carbons (Fsp3) is 0.538. The molecule has 2 N–H and O–H groups in total. The molecule has 4 rings (SSSR count). The number of alkyl halides is 2. The van der Waals surface area contributed by atoms with Crippen molar-refractivity contribution in [2.24, 2.45) is 11.1 Å². The summed E-state index contributed by atoms with van der Waals surface area (Å²) in [5.74, 6) is -2.18. The van der Waals surface area contributed by atoms with Gasteiger partial charge >= 0.3 is 0 Å². The molecule has 0 saturated heterocycles. The SMILES string of the molecule is COc1ccc(C(F)(F)C23CC(N)(C2)C3)cc1.Cl. The summed E-state index contributed by atoms with van der Waals surface area (Å²) < 4.78 is 33.6. The van der Waals surface area contributed by atoms with Crippen LogP contribution >= 0.6 is 12.4 Å². The molecule has 100 valence electrons. The molecule has 0 spiro atoms. The molecular formula is C13H16ClF2NO. The Morgan fingerprint density at radius 1 is 1.17 bits per heavy atom. The highest BCUT2D eigenvalue weighted by atomic mass is 35.5. The molecule has 2 bridgehead atoms. The van der Waals surface area contributed by atoms with Crippen molar-refractivity contribution in [2.45, 2.75) is 30.7 Å². The van der Waals surface area contributed by atoms with E-state index in [0.717, 1.165) is 0 Å². The lowest BCUT2D eigenvalue weighted by molar-refractivity contribution is -0.281. The third-order valence-corrected chi connectivity index (χ3v) is 4.19. The van der Waals surface area contributed by atoms with Crippen LogP contribution in [0.15, 0.2) is 24.3 Å². The zero-order chi connectivity index (χ0) is 12.3. The van der Waals surface area contributed by atoms with Crippen LogP contribution in [0.3, 0.4) is 0 Å². The lowest BCUT2D eigenvalue weighted by Crippen LogP contribution is -2.76. The van der Waals surface area contributed by atoms with Gasteiger partial charge in [0.15, 0.2) is 0 Å². The molecule has 5 heteroatoms. The van der Waals surface area contributed by atoms with Crippen LogP contribution < -0.4 is 10.5 Å². The van der Waals surface area contributed by atoms with Gasteiger partial charge in [0.05, 0.1) is 7.11 Å². The van der Waals surface area contributed by atoms with Crippen molar-refractivity contribution in [3.63, 3.8) is 0 Å². The highest BCUT2D eigenvalue weighted by Crippen LogP contribution is 2.74. The van der Waals surface area contributed by atoms with Crippen molar-refractivity contribution in [3.05, 3.63) is 29.8 Å². The molecule has 2 nitrogen and oxygen atoms in total. The number of nitrogens with two attached hydrogens (primary N) is 1. The van der Waals surface area contributed by atoms with Crippen LogP contribution in [0.25, 0.3) is 0 Å². The minimum Gasteiger partial charge on any atom is -0.497 e. The minimum absolute atomic E-state index is 0. The van der Waals surface area contributed by atoms with Crippen LogP contribution in [0, 0.1) is 5.41 Å². The summed E-state index contributed by atoms with van der Waals surface area (Å²) in [7, 11) is 1.52. The highest BCUT2D eigenvalue weighted by Gasteiger charge is 2.76. The molecule has 0 heterocycles. The van der Waals surface area contributed by atoms with E-state index >= 15 is 0 Å². The molecule has 0 unspecified atom stereocenters. The molecule has 1 aromatic rings. The lowest BCUT2D eigenvalue weighted by atomic mass is 9.37. The fourth-order valence-corrected chi connectivity index (χ4v) is 3.31. The van der Waals surface area contributed by atoms with Gasteiger partial charge in [-0.05, 0) is 43.5 Å². The Morgan fingerprint density at radius 3 is 2.06 bits per heavy atom. The Morgan fingerprint density at radius 2 is 1.67 bits per heavy atom. The molecule has 0 aromatic heterocycles. The first kappa shape index (κ1) is 13.6. The van der Waals surface area contributed by atoms with E-state index in [1.54, 1.807) is 12.1 Å². The number of halogens is 3. The molecular weight excluding hydrogens is 260 g/mol. The number of rotatable bonds is 3. The van der Waals surface area contributed by atoms with E-state index in [-0.39, 0.29) is 23.5 Å². The van der Waals surface area contributed by atoms with Crippen molar-refractivity contribution in [2.75, 3.05) is 7.11 Å². The Labute approximate surface area is 111 Å². The molecule has 1 aromatic carbocycles. The van der Waals surface area contributed by atoms with E-state index in [1.807, 2.05) is 0 Å². The molecule has 0 atom stereocenters. The van der Waals surface area contributed by atoms with Gasteiger partial charge in [0.25, 0.3) is 5.92 Å². The van der Waals surface area contributed by atoms with Crippen LogP contribution in [0.1, 0.15) is 24.8 Å². The van der Waals surface area contributed by atoms with Crippen molar-refractivity contribution in [1.82, 2.24) is 0 Å².